The van der Waals surface area contributed by atoms with Gasteiger partial charge >= 0.3 is 0 Å². The third-order valence-corrected chi connectivity index (χ3v) is 3.30. The van der Waals surface area contributed by atoms with Crippen molar-refractivity contribution in [2.75, 3.05) is 23.7 Å². The molecule has 2 nitrogen and oxygen atoms in total. The van der Waals surface area contributed by atoms with E-state index < -0.39 is 0 Å². The summed E-state index contributed by atoms with van der Waals surface area (Å²) in [6.45, 7) is 6.26. The van der Waals surface area contributed by atoms with Crippen molar-refractivity contribution in [3.05, 3.63) is 22.2 Å². The highest BCUT2D eigenvalue weighted by Gasteiger charge is 2.22. The van der Waals surface area contributed by atoms with E-state index in [0.717, 1.165) is 24.5 Å². The summed E-state index contributed by atoms with van der Waals surface area (Å²) in [6.07, 6.45) is 0. The van der Waals surface area contributed by atoms with Crippen LogP contribution in [0.4, 0.5) is 11.4 Å². The fourth-order valence-electron chi connectivity index (χ4n) is 1.57. The minimum Gasteiger partial charge on any atom is -0.383 e. The summed E-state index contributed by atoms with van der Waals surface area (Å²) in [5.41, 5.74) is 2.27. The molecule has 82 valence electrons. The molecule has 0 bridgehead atoms. The van der Waals surface area contributed by atoms with Crippen molar-refractivity contribution in [2.45, 2.75) is 13.8 Å². The third kappa shape index (κ3) is 2.32. The third-order valence-electron chi connectivity index (χ3n) is 2.58. The van der Waals surface area contributed by atoms with E-state index in [1.807, 2.05) is 12.1 Å². The lowest BCUT2D eigenvalue weighted by Crippen LogP contribution is -2.27. The molecule has 2 N–H and O–H groups in total. The van der Waals surface area contributed by atoms with Crippen molar-refractivity contribution in [3.63, 3.8) is 0 Å². The van der Waals surface area contributed by atoms with Crippen molar-refractivity contribution in [2.24, 2.45) is 5.41 Å². The van der Waals surface area contributed by atoms with E-state index in [-0.39, 0.29) is 5.41 Å². The molecule has 2 rings (SSSR count). The second kappa shape index (κ2) is 3.76. The van der Waals surface area contributed by atoms with Gasteiger partial charge in [0.05, 0.1) is 21.4 Å². The number of hydrogen-bond acceptors (Lipinski definition) is 2. The van der Waals surface area contributed by atoms with Crippen LogP contribution in [0.5, 0.6) is 0 Å². The van der Waals surface area contributed by atoms with Crippen molar-refractivity contribution in [1.29, 1.82) is 0 Å². The Bertz CT molecular complexity index is 353. The Labute approximate surface area is 100.0 Å². The van der Waals surface area contributed by atoms with Crippen molar-refractivity contribution >= 4 is 34.6 Å². The maximum Gasteiger partial charge on any atom is 0.0614 e. The highest BCUT2D eigenvalue weighted by molar-refractivity contribution is 6.42. The van der Waals surface area contributed by atoms with Crippen molar-refractivity contribution < 1.29 is 0 Å². The molecule has 0 unspecified atom stereocenters. The molecule has 15 heavy (non-hydrogen) atoms. The fourth-order valence-corrected chi connectivity index (χ4v) is 1.90. The maximum atomic E-state index is 5.97. The monoisotopic (exact) mass is 244 g/mol. The van der Waals surface area contributed by atoms with Gasteiger partial charge in [-0.05, 0) is 17.5 Å². The molecule has 0 atom stereocenters. The minimum absolute atomic E-state index is 0.220. The van der Waals surface area contributed by atoms with Gasteiger partial charge in [-0.1, -0.05) is 37.0 Å². The van der Waals surface area contributed by atoms with Gasteiger partial charge < -0.3 is 10.6 Å². The zero-order chi connectivity index (χ0) is 11.1. The second-order valence-electron chi connectivity index (χ2n) is 4.68. The smallest absolute Gasteiger partial charge is 0.0614 e. The van der Waals surface area contributed by atoms with E-state index in [2.05, 4.69) is 24.5 Å². The molecule has 0 radical (unpaired) electrons. The molecule has 4 heteroatoms. The average molecular weight is 245 g/mol. The lowest BCUT2D eigenvalue weighted by molar-refractivity contribution is 0.423. The van der Waals surface area contributed by atoms with Crippen molar-refractivity contribution in [1.82, 2.24) is 0 Å². The van der Waals surface area contributed by atoms with Crippen LogP contribution < -0.4 is 10.6 Å². The van der Waals surface area contributed by atoms with Gasteiger partial charge in [0.2, 0.25) is 0 Å². The average Bonchev–Trinajstić information content (AvgIpc) is 2.29. The number of nitrogens with one attached hydrogen (secondary N) is 2. The first-order chi connectivity index (χ1) is 6.98. The predicted molar refractivity (Wildman–Crippen MR) is 67.2 cm³/mol. The Morgan fingerprint density at radius 3 is 1.80 bits per heavy atom. The van der Waals surface area contributed by atoms with E-state index in [9.17, 15) is 0 Å². The molecule has 0 aromatic heterocycles. The molecule has 0 aliphatic carbocycles. The molecule has 1 heterocycles. The standard InChI is InChI=1S/C11H14Cl2N2/c1-11(2)5-14-9-3-7(12)8(13)4-10(9)15-6-11/h3-4,14-15H,5-6H2,1-2H3. The Hall–Kier alpha value is -0.600. The van der Waals surface area contributed by atoms with Gasteiger partial charge in [0.1, 0.15) is 0 Å². The number of rotatable bonds is 0. The molecule has 0 spiro atoms. The van der Waals surface area contributed by atoms with Crippen LogP contribution in [-0.4, -0.2) is 13.1 Å². The number of fused-ring (bicyclic) bond motifs is 1. The quantitative estimate of drug-likeness (QED) is 0.725. The van der Waals surface area contributed by atoms with Crippen LogP contribution in [0.15, 0.2) is 12.1 Å². The zero-order valence-corrected chi connectivity index (χ0v) is 10.3. The molecular weight excluding hydrogens is 231 g/mol. The van der Waals surface area contributed by atoms with Gasteiger partial charge in [0.25, 0.3) is 0 Å². The highest BCUT2D eigenvalue weighted by Crippen LogP contribution is 2.35. The molecule has 1 aliphatic rings. The lowest BCUT2D eigenvalue weighted by Gasteiger charge is -2.21. The summed E-state index contributed by atoms with van der Waals surface area (Å²) in [6, 6.07) is 3.74. The van der Waals surface area contributed by atoms with Gasteiger partial charge in [0.15, 0.2) is 0 Å². The number of halogens is 2. The molecule has 1 aromatic carbocycles. The molecule has 0 fully saturated rings. The van der Waals surface area contributed by atoms with Crippen LogP contribution >= 0.6 is 23.2 Å². The van der Waals surface area contributed by atoms with Crippen LogP contribution in [0.2, 0.25) is 10.0 Å². The van der Waals surface area contributed by atoms with E-state index in [4.69, 9.17) is 23.2 Å². The SMILES string of the molecule is CC1(C)CNc2cc(Cl)c(Cl)cc2NC1. The van der Waals surface area contributed by atoms with E-state index in [1.165, 1.54) is 0 Å². The van der Waals surface area contributed by atoms with Gasteiger partial charge in [-0.3, -0.25) is 0 Å². The van der Waals surface area contributed by atoms with Crippen LogP contribution in [0.3, 0.4) is 0 Å². The van der Waals surface area contributed by atoms with E-state index in [0.29, 0.717) is 10.0 Å². The summed E-state index contributed by atoms with van der Waals surface area (Å²) >= 11 is 11.9. The number of benzene rings is 1. The molecular formula is C11H14Cl2N2. The second-order valence-corrected chi connectivity index (χ2v) is 5.50. The summed E-state index contributed by atoms with van der Waals surface area (Å²) in [5.74, 6) is 0. The predicted octanol–water partition coefficient (Wildman–Crippen LogP) is 3.86. The molecule has 1 aromatic rings. The molecule has 1 aliphatic heterocycles. The fraction of sp³-hybridized carbons (Fsp3) is 0.455. The first-order valence-corrected chi connectivity index (χ1v) is 5.70. The highest BCUT2D eigenvalue weighted by atomic mass is 35.5. The first-order valence-electron chi connectivity index (χ1n) is 4.95. The minimum atomic E-state index is 0.220. The van der Waals surface area contributed by atoms with E-state index in [1.54, 1.807) is 0 Å². The van der Waals surface area contributed by atoms with Crippen LogP contribution in [0.25, 0.3) is 0 Å². The number of anilines is 2. The first kappa shape index (κ1) is 10.9. The summed E-state index contributed by atoms with van der Waals surface area (Å²) in [5, 5.41) is 7.93. The van der Waals surface area contributed by atoms with Gasteiger partial charge in [-0.2, -0.15) is 0 Å². The van der Waals surface area contributed by atoms with Crippen LogP contribution in [-0.2, 0) is 0 Å². The normalized spacial score (nSPS) is 18.4. The van der Waals surface area contributed by atoms with Gasteiger partial charge in [-0.25, -0.2) is 0 Å². The summed E-state index contributed by atoms with van der Waals surface area (Å²) in [4.78, 5) is 0. The van der Waals surface area contributed by atoms with Crippen LogP contribution in [0, 0.1) is 5.41 Å². The molecule has 0 saturated heterocycles. The Morgan fingerprint density at radius 1 is 1.00 bits per heavy atom. The van der Waals surface area contributed by atoms with Crippen molar-refractivity contribution in [3.8, 4) is 0 Å². The van der Waals surface area contributed by atoms with Crippen LogP contribution in [0.1, 0.15) is 13.8 Å². The largest absolute Gasteiger partial charge is 0.383 e. The Balaban J connectivity index is 2.36. The topological polar surface area (TPSA) is 24.1 Å². The molecule has 0 amide bonds. The van der Waals surface area contributed by atoms with Gasteiger partial charge in [-0.15, -0.1) is 0 Å². The maximum absolute atomic E-state index is 5.97. The zero-order valence-electron chi connectivity index (χ0n) is 8.82. The summed E-state index contributed by atoms with van der Waals surface area (Å²) in [7, 11) is 0. The summed E-state index contributed by atoms with van der Waals surface area (Å²) < 4.78 is 0. The number of hydrogen-bond donors (Lipinski definition) is 2. The van der Waals surface area contributed by atoms with Gasteiger partial charge in [0, 0.05) is 13.1 Å². The van der Waals surface area contributed by atoms with E-state index >= 15 is 0 Å². The Morgan fingerprint density at radius 2 is 1.40 bits per heavy atom. The molecule has 0 saturated carbocycles. The lowest BCUT2D eigenvalue weighted by atomic mass is 9.94. The Kier molecular flexibility index (Phi) is 2.73.